The van der Waals surface area contributed by atoms with Crippen molar-refractivity contribution < 1.29 is 4.79 Å². The number of carbonyl (C=O) groups excluding carboxylic acids is 1. The predicted octanol–water partition coefficient (Wildman–Crippen LogP) is 1.59. The van der Waals surface area contributed by atoms with Crippen LogP contribution >= 0.6 is 11.8 Å². The Balaban J connectivity index is 1.77. The van der Waals surface area contributed by atoms with E-state index < -0.39 is 0 Å². The van der Waals surface area contributed by atoms with Crippen LogP contribution in [0.5, 0.6) is 0 Å². The molecule has 3 heterocycles. The van der Waals surface area contributed by atoms with Gasteiger partial charge in [-0.1, -0.05) is 11.8 Å². The van der Waals surface area contributed by atoms with E-state index in [1.54, 1.807) is 6.20 Å². The number of nitrogens with zero attached hydrogens (tertiary/aromatic N) is 4. The van der Waals surface area contributed by atoms with Crippen LogP contribution < -0.4 is 15.5 Å². The van der Waals surface area contributed by atoms with E-state index in [4.69, 9.17) is 0 Å². The van der Waals surface area contributed by atoms with Gasteiger partial charge in [-0.25, -0.2) is 15.0 Å². The minimum Gasteiger partial charge on any atom is -0.364 e. The number of hydrogen-bond acceptors (Lipinski definition) is 7. The van der Waals surface area contributed by atoms with Crippen LogP contribution in [0.3, 0.4) is 0 Å². The quantitative estimate of drug-likeness (QED) is 0.829. The zero-order chi connectivity index (χ0) is 15.5. The number of pyridine rings is 1. The van der Waals surface area contributed by atoms with E-state index in [-0.39, 0.29) is 5.91 Å². The van der Waals surface area contributed by atoms with Crippen LogP contribution in [0.15, 0.2) is 29.7 Å². The van der Waals surface area contributed by atoms with Crippen molar-refractivity contribution in [3.63, 3.8) is 0 Å². The zero-order valence-electron chi connectivity index (χ0n) is 12.3. The van der Waals surface area contributed by atoms with Crippen molar-refractivity contribution in [1.29, 1.82) is 0 Å². The van der Waals surface area contributed by atoms with Gasteiger partial charge in [0.25, 0.3) is 0 Å². The lowest BCUT2D eigenvalue weighted by atomic mass is 10.2. The molecule has 0 saturated heterocycles. The minimum atomic E-state index is -0.0332. The Hall–Kier alpha value is -2.35. The standard InChI is InChI=1S/C14H16N6OS/c1-20(2)10-5-9(3-4-15-10)6-16-13-12-14(18-8-17-13)22-7-11(21)19-12/h3-5,8H,6-7H2,1-2H3,(H,19,21)(H,16,17,18). The van der Waals surface area contributed by atoms with Crippen molar-refractivity contribution in [2.75, 3.05) is 35.4 Å². The Labute approximate surface area is 132 Å². The highest BCUT2D eigenvalue weighted by atomic mass is 32.2. The second kappa shape index (κ2) is 6.18. The number of anilines is 3. The van der Waals surface area contributed by atoms with E-state index >= 15 is 0 Å². The minimum absolute atomic E-state index is 0.0332. The lowest BCUT2D eigenvalue weighted by Crippen LogP contribution is -2.21. The van der Waals surface area contributed by atoms with Gasteiger partial charge in [-0.05, 0) is 17.7 Å². The van der Waals surface area contributed by atoms with Crippen LogP contribution in [0.4, 0.5) is 17.3 Å². The van der Waals surface area contributed by atoms with Crippen LogP contribution in [0, 0.1) is 0 Å². The second-order valence-electron chi connectivity index (χ2n) is 5.01. The van der Waals surface area contributed by atoms with Gasteiger partial charge >= 0.3 is 0 Å². The maximum absolute atomic E-state index is 11.5. The van der Waals surface area contributed by atoms with Crippen molar-refractivity contribution in [1.82, 2.24) is 15.0 Å². The van der Waals surface area contributed by atoms with Gasteiger partial charge in [0.2, 0.25) is 5.91 Å². The highest BCUT2D eigenvalue weighted by Crippen LogP contribution is 2.33. The molecule has 0 spiro atoms. The van der Waals surface area contributed by atoms with Gasteiger partial charge in [0.15, 0.2) is 5.82 Å². The van der Waals surface area contributed by atoms with Crippen molar-refractivity contribution in [2.24, 2.45) is 0 Å². The summed E-state index contributed by atoms with van der Waals surface area (Å²) in [6.45, 7) is 0.591. The summed E-state index contributed by atoms with van der Waals surface area (Å²) in [5.74, 6) is 1.88. The first-order chi connectivity index (χ1) is 10.6. The third-order valence-corrected chi connectivity index (χ3v) is 4.13. The largest absolute Gasteiger partial charge is 0.364 e. The predicted molar refractivity (Wildman–Crippen MR) is 87.3 cm³/mol. The van der Waals surface area contributed by atoms with E-state index in [9.17, 15) is 4.79 Å². The SMILES string of the molecule is CN(C)c1cc(CNc2ncnc3c2NC(=O)CS3)ccn1. The second-order valence-corrected chi connectivity index (χ2v) is 5.97. The normalized spacial score (nSPS) is 13.3. The lowest BCUT2D eigenvalue weighted by Gasteiger charge is -2.18. The Morgan fingerprint density at radius 3 is 3.05 bits per heavy atom. The molecule has 114 valence electrons. The van der Waals surface area contributed by atoms with Gasteiger partial charge < -0.3 is 15.5 Å². The lowest BCUT2D eigenvalue weighted by molar-refractivity contribution is -0.113. The van der Waals surface area contributed by atoms with E-state index in [1.807, 2.05) is 31.1 Å². The Kier molecular flexibility index (Phi) is 4.10. The first-order valence-corrected chi connectivity index (χ1v) is 7.76. The maximum Gasteiger partial charge on any atom is 0.234 e. The van der Waals surface area contributed by atoms with Crippen LogP contribution in [-0.2, 0) is 11.3 Å². The molecule has 0 aliphatic carbocycles. The molecule has 2 aromatic heterocycles. The summed E-state index contributed by atoms with van der Waals surface area (Å²) in [7, 11) is 3.90. The first kappa shape index (κ1) is 14.6. The molecule has 0 fully saturated rings. The Morgan fingerprint density at radius 2 is 2.23 bits per heavy atom. The van der Waals surface area contributed by atoms with Crippen molar-refractivity contribution in [3.05, 3.63) is 30.2 Å². The highest BCUT2D eigenvalue weighted by molar-refractivity contribution is 8.00. The Morgan fingerprint density at radius 1 is 1.36 bits per heavy atom. The number of carbonyl (C=O) groups is 1. The number of nitrogens with one attached hydrogen (secondary N) is 2. The van der Waals surface area contributed by atoms with Gasteiger partial charge in [0.05, 0.1) is 5.75 Å². The van der Waals surface area contributed by atoms with Gasteiger partial charge in [0.1, 0.15) is 22.9 Å². The molecule has 1 aliphatic rings. The van der Waals surface area contributed by atoms with E-state index in [1.165, 1.54) is 18.1 Å². The van der Waals surface area contributed by atoms with Crippen LogP contribution in [0.1, 0.15) is 5.56 Å². The molecule has 8 heteroatoms. The summed E-state index contributed by atoms with van der Waals surface area (Å²) in [4.78, 5) is 26.2. The summed E-state index contributed by atoms with van der Waals surface area (Å²) in [6, 6.07) is 3.95. The number of thioether (sulfide) groups is 1. The molecular formula is C14H16N6OS. The van der Waals surface area contributed by atoms with Crippen LogP contribution in [0.25, 0.3) is 0 Å². The first-order valence-electron chi connectivity index (χ1n) is 6.77. The molecule has 3 rings (SSSR count). The van der Waals surface area contributed by atoms with Gasteiger partial charge in [-0.2, -0.15) is 0 Å². The van der Waals surface area contributed by atoms with Crippen LogP contribution in [-0.4, -0.2) is 40.7 Å². The van der Waals surface area contributed by atoms with Crippen molar-refractivity contribution in [3.8, 4) is 0 Å². The van der Waals surface area contributed by atoms with Gasteiger partial charge in [-0.15, -0.1) is 0 Å². The number of amides is 1. The molecule has 22 heavy (non-hydrogen) atoms. The molecule has 0 atom stereocenters. The summed E-state index contributed by atoms with van der Waals surface area (Å²) >= 11 is 1.42. The van der Waals surface area contributed by atoms with E-state index in [2.05, 4.69) is 25.6 Å². The topological polar surface area (TPSA) is 83.0 Å². The fourth-order valence-corrected chi connectivity index (χ4v) is 2.79. The smallest absolute Gasteiger partial charge is 0.234 e. The summed E-state index contributed by atoms with van der Waals surface area (Å²) < 4.78 is 0. The number of aromatic nitrogens is 3. The number of rotatable bonds is 4. The molecule has 2 aromatic rings. The maximum atomic E-state index is 11.5. The summed E-state index contributed by atoms with van der Waals surface area (Å²) in [5, 5.41) is 6.87. The average molecular weight is 316 g/mol. The molecule has 1 amide bonds. The molecule has 0 radical (unpaired) electrons. The molecular weight excluding hydrogens is 300 g/mol. The molecule has 2 N–H and O–H groups in total. The fourth-order valence-electron chi connectivity index (χ4n) is 2.04. The van der Waals surface area contributed by atoms with Crippen LogP contribution in [0.2, 0.25) is 0 Å². The molecule has 0 unspecified atom stereocenters. The highest BCUT2D eigenvalue weighted by Gasteiger charge is 2.20. The van der Waals surface area contributed by atoms with E-state index in [0.29, 0.717) is 23.8 Å². The summed E-state index contributed by atoms with van der Waals surface area (Å²) in [5.41, 5.74) is 1.74. The molecule has 7 nitrogen and oxygen atoms in total. The Bertz CT molecular complexity index is 705. The van der Waals surface area contributed by atoms with E-state index in [0.717, 1.165) is 16.4 Å². The average Bonchev–Trinajstić information content (AvgIpc) is 2.53. The molecule has 0 aromatic carbocycles. The van der Waals surface area contributed by atoms with Crippen molar-refractivity contribution >= 4 is 35.0 Å². The number of hydrogen-bond donors (Lipinski definition) is 2. The van der Waals surface area contributed by atoms with Gasteiger partial charge in [-0.3, -0.25) is 4.79 Å². The number of fused-ring (bicyclic) bond motifs is 1. The molecule has 1 aliphatic heterocycles. The molecule has 0 saturated carbocycles. The zero-order valence-corrected chi connectivity index (χ0v) is 13.1. The summed E-state index contributed by atoms with van der Waals surface area (Å²) in [6.07, 6.45) is 3.28. The third kappa shape index (κ3) is 3.11. The third-order valence-electron chi connectivity index (χ3n) is 3.14. The molecule has 0 bridgehead atoms. The van der Waals surface area contributed by atoms with Crippen molar-refractivity contribution in [2.45, 2.75) is 11.6 Å². The fraction of sp³-hybridized carbons (Fsp3) is 0.286. The monoisotopic (exact) mass is 316 g/mol. The van der Waals surface area contributed by atoms with Gasteiger partial charge in [0, 0.05) is 26.8 Å².